The maximum Gasteiger partial charge on any atom is 0.269 e. The van der Waals surface area contributed by atoms with Crippen LogP contribution in [-0.2, 0) is 44.2 Å². The molecule has 2 spiro atoms. The first kappa shape index (κ1) is 40.9. The molecular weight excluding hydrogens is 793 g/mol. The fraction of sp³-hybridized carbons (Fsp3) is 0.413. The van der Waals surface area contributed by atoms with E-state index in [0.29, 0.717) is 43.7 Å². The van der Waals surface area contributed by atoms with E-state index in [-0.39, 0.29) is 37.1 Å². The maximum atomic E-state index is 15.2. The summed E-state index contributed by atoms with van der Waals surface area (Å²) in [6.07, 6.45) is 0.859. The second-order valence-electron chi connectivity index (χ2n) is 17.8. The van der Waals surface area contributed by atoms with Gasteiger partial charge in [0.1, 0.15) is 5.54 Å². The van der Waals surface area contributed by atoms with Gasteiger partial charge in [-0.3, -0.25) is 29.4 Å². The molecule has 5 heterocycles. The maximum absolute atomic E-state index is 15.2. The summed E-state index contributed by atoms with van der Waals surface area (Å²) in [6, 6.07) is 29.3. The van der Waals surface area contributed by atoms with Crippen molar-refractivity contribution >= 4 is 48.8 Å². The fourth-order valence-electron chi connectivity index (χ4n) is 11.0. The molecule has 15 heteroatoms. The lowest BCUT2D eigenvalue weighted by Crippen LogP contribution is -2.55. The minimum atomic E-state index is -3.18. The largest absolute Gasteiger partial charge is 0.432 e. The average Bonchev–Trinajstić information content (AvgIpc) is 3.80. The Balaban J connectivity index is 1.01. The van der Waals surface area contributed by atoms with Gasteiger partial charge in [-0.15, -0.1) is 0 Å². The summed E-state index contributed by atoms with van der Waals surface area (Å²) in [7, 11) is -3.18. The number of non-ortho nitro benzene ring substituents is 1. The molecule has 9 rings (SSSR count). The van der Waals surface area contributed by atoms with Crippen LogP contribution in [0.25, 0.3) is 0 Å². The van der Waals surface area contributed by atoms with Crippen molar-refractivity contribution in [2.75, 3.05) is 41.1 Å². The zero-order valence-corrected chi connectivity index (χ0v) is 35.7. The molecule has 4 aromatic rings. The number of nitrogens with zero attached hydrogens (tertiary/aromatic N) is 5. The lowest BCUT2D eigenvalue weighted by Gasteiger charge is -2.39. The third-order valence-electron chi connectivity index (χ3n) is 14.0. The first-order valence-electron chi connectivity index (χ1n) is 21.2. The minimum Gasteiger partial charge on any atom is -0.432 e. The number of carbonyl (C=O) groups excluding carboxylic acids is 3. The Hall–Kier alpha value is -5.45. The van der Waals surface area contributed by atoms with Gasteiger partial charge in [-0.2, -0.15) is 0 Å². The van der Waals surface area contributed by atoms with E-state index in [2.05, 4.69) is 10.2 Å². The number of ether oxygens (including phenoxy) is 1. The standard InChI is InChI=1S/C46H52N6O8Si/c1-30-42(61(2,3)59)40(25-41(54)48-27-33-10-8-7-9-32(33)23-37(48)28-53)60-46(30)38-24-36(52(57)58)17-18-39(38)49(44(46)56)26-31-13-15-34(16-14-31)50-29-51(35-11-5-4-6-12-35)45(43(50)55)19-21-47-22-20-45/h4-18,24,30,37,40,42,47,53,59H,19-23,25-29H2,1-3H3/t30-,37+,40+,42-,46+/m1/s1. The summed E-state index contributed by atoms with van der Waals surface area (Å²) in [5, 5.41) is 25.9. The van der Waals surface area contributed by atoms with Crippen molar-refractivity contribution in [1.82, 2.24) is 10.2 Å². The predicted octanol–water partition coefficient (Wildman–Crippen LogP) is 5.21. The van der Waals surface area contributed by atoms with Crippen LogP contribution in [0.15, 0.2) is 97.1 Å². The summed E-state index contributed by atoms with van der Waals surface area (Å²) in [4.78, 5) is 74.6. The molecule has 3 N–H and O–H groups in total. The molecule has 0 bridgehead atoms. The Morgan fingerprint density at radius 1 is 0.934 bits per heavy atom. The summed E-state index contributed by atoms with van der Waals surface area (Å²) < 4.78 is 6.90. The van der Waals surface area contributed by atoms with Crippen LogP contribution in [0.2, 0.25) is 18.6 Å². The van der Waals surface area contributed by atoms with Crippen molar-refractivity contribution in [2.45, 2.75) is 87.6 Å². The molecule has 3 fully saturated rings. The van der Waals surface area contributed by atoms with Crippen LogP contribution in [0.4, 0.5) is 22.7 Å². The van der Waals surface area contributed by atoms with E-state index < -0.39 is 53.9 Å². The number of nitro groups is 1. The molecule has 5 atom stereocenters. The van der Waals surface area contributed by atoms with Gasteiger partial charge in [-0.05, 0) is 92.5 Å². The van der Waals surface area contributed by atoms with Gasteiger partial charge in [-0.1, -0.05) is 61.5 Å². The van der Waals surface area contributed by atoms with Crippen LogP contribution in [0.1, 0.15) is 48.4 Å². The van der Waals surface area contributed by atoms with Crippen molar-refractivity contribution in [3.8, 4) is 0 Å². The predicted molar refractivity (Wildman–Crippen MR) is 232 cm³/mol. The van der Waals surface area contributed by atoms with Crippen molar-refractivity contribution in [3.63, 3.8) is 0 Å². The number of aliphatic hydroxyl groups is 1. The number of amides is 3. The molecule has 0 radical (unpaired) electrons. The number of rotatable bonds is 9. The smallest absolute Gasteiger partial charge is 0.269 e. The number of piperidine rings is 1. The summed E-state index contributed by atoms with van der Waals surface area (Å²) in [5.74, 6) is -1.27. The number of carbonyl (C=O) groups is 3. The van der Waals surface area contributed by atoms with Crippen molar-refractivity contribution < 1.29 is 33.9 Å². The van der Waals surface area contributed by atoms with E-state index >= 15 is 4.79 Å². The van der Waals surface area contributed by atoms with Crippen LogP contribution in [0, 0.1) is 16.0 Å². The lowest BCUT2D eigenvalue weighted by atomic mass is 9.82. The van der Waals surface area contributed by atoms with Crippen LogP contribution in [0.5, 0.6) is 0 Å². The Bertz CT molecular complexity index is 2370. The van der Waals surface area contributed by atoms with Crippen molar-refractivity contribution in [3.05, 3.63) is 129 Å². The number of nitro benzene ring substituents is 1. The molecular formula is C46H52N6O8Si. The second-order valence-corrected chi connectivity index (χ2v) is 21.8. The lowest BCUT2D eigenvalue weighted by molar-refractivity contribution is -0.385. The fourth-order valence-corrected chi connectivity index (χ4v) is 13.6. The third-order valence-corrected chi connectivity index (χ3v) is 16.5. The topological polar surface area (TPSA) is 169 Å². The normalized spacial score (nSPS) is 25.7. The Morgan fingerprint density at radius 2 is 1.62 bits per heavy atom. The average molecular weight is 845 g/mol. The molecule has 3 saturated heterocycles. The van der Waals surface area contributed by atoms with E-state index in [4.69, 9.17) is 4.74 Å². The highest BCUT2D eigenvalue weighted by atomic mass is 28.4. The molecule has 5 aliphatic heterocycles. The summed E-state index contributed by atoms with van der Waals surface area (Å²) in [5.41, 5.74) is 2.22. The first-order valence-corrected chi connectivity index (χ1v) is 24.2. The van der Waals surface area contributed by atoms with Crippen molar-refractivity contribution in [2.24, 2.45) is 5.92 Å². The molecule has 0 saturated carbocycles. The number of hydrogen-bond donors (Lipinski definition) is 3. The van der Waals surface area contributed by atoms with Crippen LogP contribution < -0.4 is 20.0 Å². The molecule has 0 unspecified atom stereocenters. The Labute approximate surface area is 356 Å². The van der Waals surface area contributed by atoms with Gasteiger partial charge in [0.2, 0.25) is 5.91 Å². The Kier molecular flexibility index (Phi) is 10.4. The zero-order chi connectivity index (χ0) is 42.8. The summed E-state index contributed by atoms with van der Waals surface area (Å²) >= 11 is 0. The molecule has 14 nitrogen and oxygen atoms in total. The van der Waals surface area contributed by atoms with Gasteiger partial charge in [0.25, 0.3) is 17.5 Å². The molecule has 0 aliphatic carbocycles. The van der Waals surface area contributed by atoms with E-state index in [0.717, 1.165) is 41.2 Å². The highest BCUT2D eigenvalue weighted by Gasteiger charge is 2.67. The summed E-state index contributed by atoms with van der Waals surface area (Å²) in [6.45, 7) is 7.47. The van der Waals surface area contributed by atoms with Gasteiger partial charge >= 0.3 is 0 Å². The number of benzene rings is 4. The monoisotopic (exact) mass is 844 g/mol. The van der Waals surface area contributed by atoms with Gasteiger partial charge in [0.15, 0.2) is 13.9 Å². The van der Waals surface area contributed by atoms with E-state index in [1.165, 1.54) is 12.1 Å². The number of fused-ring (bicyclic) bond motifs is 3. The number of hydrogen-bond acceptors (Lipinski definition) is 10. The van der Waals surface area contributed by atoms with Gasteiger partial charge in [0, 0.05) is 47.1 Å². The SMILES string of the molecule is C[C@@H]1[C@@H]([Si](C)(C)O)[C@H](CC(=O)N2Cc3ccccc3C[C@H]2CO)O[C@@]12C(=O)N(Cc1ccc(N3CN(c4ccccc4)C4(CCNCC4)C3=O)cc1)c1ccc([N+](=O)[O-])cc12. The van der Waals surface area contributed by atoms with E-state index in [1.54, 1.807) is 29.0 Å². The Morgan fingerprint density at radius 3 is 2.30 bits per heavy atom. The number of anilines is 3. The quantitative estimate of drug-likeness (QED) is 0.116. The molecule has 318 valence electrons. The van der Waals surface area contributed by atoms with Gasteiger partial charge in [0.05, 0.1) is 49.0 Å². The highest BCUT2D eigenvalue weighted by Crippen LogP contribution is 2.60. The van der Waals surface area contributed by atoms with Gasteiger partial charge < -0.3 is 34.7 Å². The van der Waals surface area contributed by atoms with Crippen molar-refractivity contribution in [1.29, 1.82) is 0 Å². The number of para-hydroxylation sites is 1. The molecule has 5 aliphatic rings. The molecule has 0 aromatic heterocycles. The molecule has 3 amide bonds. The highest BCUT2D eigenvalue weighted by molar-refractivity contribution is 6.71. The van der Waals surface area contributed by atoms with Crippen LogP contribution in [-0.4, -0.2) is 89.8 Å². The first-order chi connectivity index (χ1) is 29.3. The van der Waals surface area contributed by atoms with E-state index in [9.17, 15) is 29.6 Å². The van der Waals surface area contributed by atoms with Gasteiger partial charge in [-0.25, -0.2) is 0 Å². The zero-order valence-electron chi connectivity index (χ0n) is 34.7. The second kappa shape index (κ2) is 15.5. The van der Waals surface area contributed by atoms with Crippen LogP contribution in [0.3, 0.4) is 0 Å². The molecule has 4 aromatic carbocycles. The number of aliphatic hydroxyl groups excluding tert-OH is 1. The van der Waals surface area contributed by atoms with E-state index in [1.807, 2.05) is 90.7 Å². The third kappa shape index (κ3) is 6.73. The minimum absolute atomic E-state index is 0.0556. The molecule has 61 heavy (non-hydrogen) atoms. The van der Waals surface area contributed by atoms with Crippen LogP contribution >= 0.6 is 0 Å². The number of nitrogens with one attached hydrogen (secondary N) is 1.